The summed E-state index contributed by atoms with van der Waals surface area (Å²) < 4.78 is 2.37. The van der Waals surface area contributed by atoms with Crippen LogP contribution in [0.25, 0.3) is 0 Å². The van der Waals surface area contributed by atoms with Crippen LogP contribution in [0.3, 0.4) is 0 Å². The van der Waals surface area contributed by atoms with Gasteiger partial charge < -0.3 is 15.2 Å². The molecule has 1 aromatic rings. The van der Waals surface area contributed by atoms with E-state index in [-0.39, 0.29) is 0 Å². The second-order valence-electron chi connectivity index (χ2n) is 4.89. The Morgan fingerprint density at radius 2 is 2.19 bits per heavy atom. The lowest BCUT2D eigenvalue weighted by atomic mass is 9.94. The van der Waals surface area contributed by atoms with Crippen molar-refractivity contribution in [1.29, 1.82) is 0 Å². The minimum atomic E-state index is 0.828. The zero-order valence-corrected chi connectivity index (χ0v) is 9.71. The molecule has 3 heterocycles. The summed E-state index contributed by atoms with van der Waals surface area (Å²) in [6, 6.07) is 0. The zero-order chi connectivity index (χ0) is 10.8. The highest BCUT2D eigenvalue weighted by Crippen LogP contribution is 2.22. The number of hydrogen-bond donors (Lipinski definition) is 2. The molecule has 0 bridgehead atoms. The average Bonchev–Trinajstić information content (AvgIpc) is 2.74. The summed E-state index contributed by atoms with van der Waals surface area (Å²) in [6.45, 7) is 4.59. The maximum atomic E-state index is 4.57. The number of rotatable bonds is 2. The maximum Gasteiger partial charge on any atom is 0.126 e. The first-order valence-electron chi connectivity index (χ1n) is 6.42. The van der Waals surface area contributed by atoms with Gasteiger partial charge in [-0.2, -0.15) is 0 Å². The normalized spacial score (nSPS) is 21.5. The lowest BCUT2D eigenvalue weighted by Gasteiger charge is -2.24. The number of aromatic nitrogens is 2. The SMILES string of the molecule is c1nc(CC2CCNCC2)n2c1NCCC2. The maximum absolute atomic E-state index is 4.57. The molecule has 16 heavy (non-hydrogen) atoms. The third kappa shape index (κ3) is 1.94. The molecule has 0 aromatic carbocycles. The molecule has 0 radical (unpaired) electrons. The zero-order valence-electron chi connectivity index (χ0n) is 9.71. The highest BCUT2D eigenvalue weighted by Gasteiger charge is 2.19. The van der Waals surface area contributed by atoms with Crippen molar-refractivity contribution in [2.75, 3.05) is 25.0 Å². The van der Waals surface area contributed by atoms with Crippen LogP contribution >= 0.6 is 0 Å². The second-order valence-corrected chi connectivity index (χ2v) is 4.89. The third-order valence-electron chi connectivity index (χ3n) is 3.73. The Bertz CT molecular complexity index is 352. The van der Waals surface area contributed by atoms with Crippen molar-refractivity contribution in [1.82, 2.24) is 14.9 Å². The van der Waals surface area contributed by atoms with Gasteiger partial charge in [0.25, 0.3) is 0 Å². The summed E-state index contributed by atoms with van der Waals surface area (Å²) in [5, 5.41) is 6.83. The predicted octanol–water partition coefficient (Wildman–Crippen LogP) is 1.24. The number of anilines is 1. The Kier molecular flexibility index (Phi) is 2.82. The van der Waals surface area contributed by atoms with Gasteiger partial charge in [-0.25, -0.2) is 4.98 Å². The average molecular weight is 220 g/mol. The van der Waals surface area contributed by atoms with Gasteiger partial charge in [0.05, 0.1) is 6.20 Å². The Morgan fingerprint density at radius 3 is 3.06 bits per heavy atom. The van der Waals surface area contributed by atoms with Crippen molar-refractivity contribution >= 4 is 5.82 Å². The number of imidazole rings is 1. The van der Waals surface area contributed by atoms with E-state index in [1.807, 2.05) is 6.20 Å². The van der Waals surface area contributed by atoms with Crippen molar-refractivity contribution in [3.63, 3.8) is 0 Å². The quantitative estimate of drug-likeness (QED) is 0.788. The van der Waals surface area contributed by atoms with E-state index < -0.39 is 0 Å². The number of nitrogens with zero attached hydrogens (tertiary/aromatic N) is 2. The molecule has 1 aromatic heterocycles. The van der Waals surface area contributed by atoms with Crippen LogP contribution < -0.4 is 10.6 Å². The Hall–Kier alpha value is -1.03. The smallest absolute Gasteiger partial charge is 0.126 e. The molecule has 1 saturated heterocycles. The summed E-state index contributed by atoms with van der Waals surface area (Å²) in [5.41, 5.74) is 0. The molecule has 0 aliphatic carbocycles. The summed E-state index contributed by atoms with van der Waals surface area (Å²) in [4.78, 5) is 4.57. The molecule has 0 atom stereocenters. The molecular formula is C12H20N4. The Morgan fingerprint density at radius 1 is 1.31 bits per heavy atom. The van der Waals surface area contributed by atoms with Gasteiger partial charge in [-0.3, -0.25) is 0 Å². The summed E-state index contributed by atoms with van der Waals surface area (Å²) >= 11 is 0. The van der Waals surface area contributed by atoms with Gasteiger partial charge >= 0.3 is 0 Å². The van der Waals surface area contributed by atoms with Crippen LogP contribution in [0.1, 0.15) is 25.1 Å². The molecule has 2 N–H and O–H groups in total. The van der Waals surface area contributed by atoms with Crippen LogP contribution in [0.4, 0.5) is 5.82 Å². The Balaban J connectivity index is 1.71. The van der Waals surface area contributed by atoms with Gasteiger partial charge in [0, 0.05) is 19.5 Å². The molecule has 4 heteroatoms. The molecule has 2 aliphatic rings. The number of nitrogens with one attached hydrogen (secondary N) is 2. The molecule has 88 valence electrons. The summed E-state index contributed by atoms with van der Waals surface area (Å²) in [5.74, 6) is 3.33. The van der Waals surface area contributed by atoms with E-state index in [0.29, 0.717) is 0 Å². The number of piperidine rings is 1. The van der Waals surface area contributed by atoms with Gasteiger partial charge in [0.2, 0.25) is 0 Å². The summed E-state index contributed by atoms with van der Waals surface area (Å²) in [7, 11) is 0. The molecule has 0 amide bonds. The first-order valence-corrected chi connectivity index (χ1v) is 6.42. The minimum Gasteiger partial charge on any atom is -0.370 e. The van der Waals surface area contributed by atoms with E-state index in [1.165, 1.54) is 44.0 Å². The topological polar surface area (TPSA) is 41.9 Å². The first-order chi connectivity index (χ1) is 7.93. The van der Waals surface area contributed by atoms with Crippen LogP contribution in [-0.2, 0) is 13.0 Å². The van der Waals surface area contributed by atoms with E-state index in [1.54, 1.807) is 0 Å². The van der Waals surface area contributed by atoms with Crippen molar-refractivity contribution < 1.29 is 0 Å². The Labute approximate surface area is 96.4 Å². The summed E-state index contributed by atoms with van der Waals surface area (Å²) in [6.07, 6.45) is 6.98. The van der Waals surface area contributed by atoms with Crippen molar-refractivity contribution in [2.45, 2.75) is 32.2 Å². The van der Waals surface area contributed by atoms with Crippen LogP contribution in [0.15, 0.2) is 6.20 Å². The van der Waals surface area contributed by atoms with Crippen LogP contribution in [0.5, 0.6) is 0 Å². The van der Waals surface area contributed by atoms with Gasteiger partial charge in [0.15, 0.2) is 0 Å². The highest BCUT2D eigenvalue weighted by atomic mass is 15.2. The first kappa shape index (κ1) is 10.1. The molecular weight excluding hydrogens is 200 g/mol. The monoisotopic (exact) mass is 220 g/mol. The van der Waals surface area contributed by atoms with E-state index in [2.05, 4.69) is 20.2 Å². The van der Waals surface area contributed by atoms with Crippen LogP contribution in [-0.4, -0.2) is 29.2 Å². The molecule has 1 fully saturated rings. The van der Waals surface area contributed by atoms with Gasteiger partial charge in [-0.05, 0) is 38.3 Å². The highest BCUT2D eigenvalue weighted by molar-refractivity contribution is 5.36. The fourth-order valence-electron chi connectivity index (χ4n) is 2.77. The van der Waals surface area contributed by atoms with Crippen LogP contribution in [0.2, 0.25) is 0 Å². The fourth-order valence-corrected chi connectivity index (χ4v) is 2.77. The van der Waals surface area contributed by atoms with E-state index >= 15 is 0 Å². The lowest BCUT2D eigenvalue weighted by molar-refractivity contribution is 0.362. The lowest BCUT2D eigenvalue weighted by Crippen LogP contribution is -2.29. The number of hydrogen-bond acceptors (Lipinski definition) is 3. The van der Waals surface area contributed by atoms with Gasteiger partial charge in [0.1, 0.15) is 11.6 Å². The van der Waals surface area contributed by atoms with Crippen molar-refractivity contribution in [3.8, 4) is 0 Å². The van der Waals surface area contributed by atoms with Crippen molar-refractivity contribution in [3.05, 3.63) is 12.0 Å². The van der Waals surface area contributed by atoms with Crippen LogP contribution in [0, 0.1) is 5.92 Å². The fraction of sp³-hybridized carbons (Fsp3) is 0.750. The largest absolute Gasteiger partial charge is 0.370 e. The van der Waals surface area contributed by atoms with E-state index in [9.17, 15) is 0 Å². The number of fused-ring (bicyclic) bond motifs is 1. The predicted molar refractivity (Wildman–Crippen MR) is 64.6 cm³/mol. The molecule has 3 rings (SSSR count). The van der Waals surface area contributed by atoms with Crippen molar-refractivity contribution in [2.24, 2.45) is 5.92 Å². The molecule has 0 spiro atoms. The van der Waals surface area contributed by atoms with E-state index in [0.717, 1.165) is 25.4 Å². The standard InChI is InChI=1S/C12H20N4/c1-4-14-12-9-15-11(16(12)7-1)8-10-2-5-13-6-3-10/h9-10,13-14H,1-8H2. The molecule has 2 aliphatic heterocycles. The van der Waals surface area contributed by atoms with Gasteiger partial charge in [-0.1, -0.05) is 0 Å². The minimum absolute atomic E-state index is 0.828. The second kappa shape index (κ2) is 4.45. The third-order valence-corrected chi connectivity index (χ3v) is 3.73. The molecule has 0 saturated carbocycles. The van der Waals surface area contributed by atoms with Gasteiger partial charge in [-0.15, -0.1) is 0 Å². The molecule has 4 nitrogen and oxygen atoms in total. The molecule has 0 unspecified atom stereocenters. The van der Waals surface area contributed by atoms with E-state index in [4.69, 9.17) is 0 Å².